The highest BCUT2D eigenvalue weighted by atomic mass is 16.6. The van der Waals surface area contributed by atoms with Crippen LogP contribution in [-0.4, -0.2) is 10.8 Å². The Morgan fingerprint density at radius 3 is 2.67 bits per heavy atom. The van der Waals surface area contributed by atoms with Gasteiger partial charge in [0.05, 0.1) is 10.5 Å². The molecule has 6 nitrogen and oxygen atoms in total. The predicted molar refractivity (Wildman–Crippen MR) is 65.0 cm³/mol. The summed E-state index contributed by atoms with van der Waals surface area (Å²) < 4.78 is 0. The molecule has 0 fully saturated rings. The molecular weight excluding hydrogens is 234 g/mol. The lowest BCUT2D eigenvalue weighted by Gasteiger charge is -1.95. The number of allylic oxidation sites excluding steroid dienone is 2. The zero-order valence-electron chi connectivity index (χ0n) is 9.24. The Morgan fingerprint density at radius 1 is 1.44 bits per heavy atom. The molecule has 0 heterocycles. The summed E-state index contributed by atoms with van der Waals surface area (Å²) >= 11 is 0. The van der Waals surface area contributed by atoms with Crippen LogP contribution >= 0.6 is 0 Å². The molecular formula is C12H9N3O3. The summed E-state index contributed by atoms with van der Waals surface area (Å²) in [6.45, 7) is 0. The third-order valence-corrected chi connectivity index (χ3v) is 2.06. The summed E-state index contributed by atoms with van der Waals surface area (Å²) in [5.74, 6) is -0.843. The van der Waals surface area contributed by atoms with E-state index in [9.17, 15) is 14.9 Å². The highest BCUT2D eigenvalue weighted by Crippen LogP contribution is 2.18. The summed E-state index contributed by atoms with van der Waals surface area (Å²) in [6.07, 6.45) is 4.00. The van der Waals surface area contributed by atoms with Crippen LogP contribution in [0.15, 0.2) is 42.0 Å². The lowest BCUT2D eigenvalue weighted by Crippen LogP contribution is -2.12. The Balaban J connectivity index is 3.03. The molecule has 0 unspecified atom stereocenters. The van der Waals surface area contributed by atoms with Crippen molar-refractivity contribution in [1.29, 1.82) is 5.26 Å². The quantitative estimate of drug-likeness (QED) is 0.284. The molecule has 0 aliphatic carbocycles. The second-order valence-corrected chi connectivity index (χ2v) is 3.23. The third-order valence-electron chi connectivity index (χ3n) is 2.06. The van der Waals surface area contributed by atoms with E-state index >= 15 is 0 Å². The van der Waals surface area contributed by atoms with Crippen LogP contribution in [0, 0.1) is 21.4 Å². The second kappa shape index (κ2) is 5.96. The van der Waals surface area contributed by atoms with Crippen molar-refractivity contribution in [2.75, 3.05) is 0 Å². The molecule has 1 amide bonds. The van der Waals surface area contributed by atoms with E-state index in [1.54, 1.807) is 24.3 Å². The number of benzene rings is 1. The number of hydrogen-bond acceptors (Lipinski definition) is 4. The number of nitro benzene ring substituents is 1. The summed E-state index contributed by atoms with van der Waals surface area (Å²) in [4.78, 5) is 20.9. The van der Waals surface area contributed by atoms with Crippen molar-refractivity contribution < 1.29 is 9.72 Å². The minimum absolute atomic E-state index is 0.0558. The maximum absolute atomic E-state index is 10.7. The molecule has 0 saturated heterocycles. The summed E-state index contributed by atoms with van der Waals surface area (Å²) in [6, 6.07) is 7.74. The SMILES string of the molecule is N#C/C(=C/C=C/c1ccccc1[N+](=O)[O-])C(N)=O. The van der Waals surface area contributed by atoms with E-state index in [0.29, 0.717) is 5.56 Å². The van der Waals surface area contributed by atoms with Gasteiger partial charge in [0.1, 0.15) is 11.6 Å². The first-order chi connectivity index (χ1) is 8.56. The number of primary amides is 1. The number of amides is 1. The highest BCUT2D eigenvalue weighted by molar-refractivity contribution is 5.96. The van der Waals surface area contributed by atoms with E-state index in [2.05, 4.69) is 0 Å². The van der Waals surface area contributed by atoms with Crippen molar-refractivity contribution in [3.05, 3.63) is 57.7 Å². The lowest BCUT2D eigenvalue weighted by molar-refractivity contribution is -0.385. The van der Waals surface area contributed by atoms with Crippen molar-refractivity contribution in [3.63, 3.8) is 0 Å². The zero-order chi connectivity index (χ0) is 13.5. The number of nitrogens with two attached hydrogens (primary N) is 1. The van der Waals surface area contributed by atoms with Crippen LogP contribution in [0.1, 0.15) is 5.56 Å². The number of nitro groups is 1. The average Bonchev–Trinajstić information content (AvgIpc) is 2.34. The molecule has 1 rings (SSSR count). The summed E-state index contributed by atoms with van der Waals surface area (Å²) in [5.41, 5.74) is 5.03. The van der Waals surface area contributed by atoms with Crippen LogP contribution in [-0.2, 0) is 4.79 Å². The minimum Gasteiger partial charge on any atom is -0.365 e. The summed E-state index contributed by atoms with van der Waals surface area (Å²) in [5, 5.41) is 19.3. The first-order valence-corrected chi connectivity index (χ1v) is 4.88. The minimum atomic E-state index is -0.843. The first kappa shape index (κ1) is 13.1. The van der Waals surface area contributed by atoms with E-state index in [0.717, 1.165) is 0 Å². The molecule has 90 valence electrons. The van der Waals surface area contributed by atoms with Crippen LogP contribution in [0.5, 0.6) is 0 Å². The fourth-order valence-electron chi connectivity index (χ4n) is 1.22. The fraction of sp³-hybridized carbons (Fsp3) is 0. The third kappa shape index (κ3) is 3.28. The van der Waals surface area contributed by atoms with Gasteiger partial charge in [0.25, 0.3) is 11.6 Å². The molecule has 0 bridgehead atoms. The fourth-order valence-corrected chi connectivity index (χ4v) is 1.22. The van der Waals surface area contributed by atoms with Gasteiger partial charge in [-0.1, -0.05) is 18.2 Å². The van der Waals surface area contributed by atoms with Crippen LogP contribution in [0.25, 0.3) is 6.08 Å². The average molecular weight is 243 g/mol. The van der Waals surface area contributed by atoms with Crippen molar-refractivity contribution in [3.8, 4) is 6.07 Å². The van der Waals surface area contributed by atoms with E-state index in [1.807, 2.05) is 0 Å². The molecule has 2 N–H and O–H groups in total. The molecule has 0 aliphatic heterocycles. The smallest absolute Gasteiger partial charge is 0.276 e. The molecule has 0 atom stereocenters. The number of nitrogens with zero attached hydrogens (tertiary/aromatic N) is 2. The van der Waals surface area contributed by atoms with E-state index < -0.39 is 10.8 Å². The van der Waals surface area contributed by atoms with Gasteiger partial charge in [-0.25, -0.2) is 0 Å². The Bertz CT molecular complexity index is 582. The van der Waals surface area contributed by atoms with Gasteiger partial charge in [0, 0.05) is 6.07 Å². The van der Waals surface area contributed by atoms with Crippen LogP contribution in [0.4, 0.5) is 5.69 Å². The number of nitriles is 1. The van der Waals surface area contributed by atoms with Gasteiger partial charge in [0.2, 0.25) is 0 Å². The van der Waals surface area contributed by atoms with Crippen LogP contribution in [0.3, 0.4) is 0 Å². The molecule has 0 spiro atoms. The first-order valence-electron chi connectivity index (χ1n) is 4.88. The topological polar surface area (TPSA) is 110 Å². The normalized spacial score (nSPS) is 11.2. The number of rotatable bonds is 4. The van der Waals surface area contributed by atoms with E-state index in [1.165, 1.54) is 24.3 Å². The van der Waals surface area contributed by atoms with Crippen LogP contribution in [0.2, 0.25) is 0 Å². The number of carbonyl (C=O) groups excluding carboxylic acids is 1. The number of hydrogen-bond donors (Lipinski definition) is 1. The van der Waals surface area contributed by atoms with Crippen molar-refractivity contribution >= 4 is 17.7 Å². The molecule has 0 aromatic heterocycles. The maximum atomic E-state index is 10.7. The molecule has 0 saturated carbocycles. The number of para-hydroxylation sites is 1. The van der Waals surface area contributed by atoms with Crippen molar-refractivity contribution in [1.82, 2.24) is 0 Å². The molecule has 0 aliphatic rings. The molecule has 18 heavy (non-hydrogen) atoms. The molecule has 0 radical (unpaired) electrons. The zero-order valence-corrected chi connectivity index (χ0v) is 9.24. The number of carbonyl (C=O) groups is 1. The van der Waals surface area contributed by atoms with Crippen LogP contribution < -0.4 is 5.73 Å². The van der Waals surface area contributed by atoms with E-state index in [4.69, 9.17) is 11.0 Å². The van der Waals surface area contributed by atoms with Gasteiger partial charge in [-0.15, -0.1) is 0 Å². The van der Waals surface area contributed by atoms with Gasteiger partial charge < -0.3 is 5.73 Å². The molecule has 1 aromatic carbocycles. The van der Waals surface area contributed by atoms with Gasteiger partial charge in [-0.2, -0.15) is 5.26 Å². The molecule has 1 aromatic rings. The molecule has 6 heteroatoms. The second-order valence-electron chi connectivity index (χ2n) is 3.23. The Morgan fingerprint density at radius 2 is 2.11 bits per heavy atom. The highest BCUT2D eigenvalue weighted by Gasteiger charge is 2.08. The standard InChI is InChI=1S/C12H9N3O3/c13-8-10(12(14)16)6-3-5-9-4-1-2-7-11(9)15(17)18/h1-7H,(H2,14,16)/b5-3+,10-6-. The van der Waals surface area contributed by atoms with Gasteiger partial charge in [-0.3, -0.25) is 14.9 Å². The van der Waals surface area contributed by atoms with Gasteiger partial charge in [0.15, 0.2) is 0 Å². The maximum Gasteiger partial charge on any atom is 0.276 e. The van der Waals surface area contributed by atoms with Crippen molar-refractivity contribution in [2.45, 2.75) is 0 Å². The van der Waals surface area contributed by atoms with Crippen molar-refractivity contribution in [2.24, 2.45) is 5.73 Å². The summed E-state index contributed by atoms with van der Waals surface area (Å²) in [7, 11) is 0. The lowest BCUT2D eigenvalue weighted by atomic mass is 10.1. The van der Waals surface area contributed by atoms with Gasteiger partial charge >= 0.3 is 0 Å². The Kier molecular flexibility index (Phi) is 4.35. The predicted octanol–water partition coefficient (Wildman–Crippen LogP) is 1.54. The Labute approximate surface area is 103 Å². The van der Waals surface area contributed by atoms with Gasteiger partial charge in [-0.05, 0) is 18.2 Å². The van der Waals surface area contributed by atoms with E-state index in [-0.39, 0.29) is 11.3 Å². The largest absolute Gasteiger partial charge is 0.365 e. The monoisotopic (exact) mass is 243 g/mol. The Hall–Kier alpha value is -2.94.